The molecule has 0 saturated heterocycles. The number of nitro groups is 1. The number of hydrogen-bond acceptors (Lipinski definition) is 3. The molecule has 74 valence electrons. The van der Waals surface area contributed by atoms with Crippen molar-refractivity contribution in [2.75, 3.05) is 0 Å². The van der Waals surface area contributed by atoms with Crippen LogP contribution in [-0.4, -0.2) is 10.8 Å². The summed E-state index contributed by atoms with van der Waals surface area (Å²) in [5.74, 6) is -0.862. The average Bonchev–Trinajstić information content (AvgIpc) is 2.08. The molecule has 0 saturated carbocycles. The van der Waals surface area contributed by atoms with E-state index in [9.17, 15) is 14.9 Å². The molecule has 0 aliphatic heterocycles. The van der Waals surface area contributed by atoms with Crippen molar-refractivity contribution >= 4 is 23.2 Å². The number of hydrogen-bond donors (Lipinski definition) is 1. The van der Waals surface area contributed by atoms with E-state index in [0.29, 0.717) is 5.56 Å². The second-order valence-corrected chi connectivity index (χ2v) is 3.09. The van der Waals surface area contributed by atoms with Crippen LogP contribution in [0, 0.1) is 17.0 Å². The molecule has 0 fully saturated rings. The Kier molecular flexibility index (Phi) is 2.71. The second kappa shape index (κ2) is 3.63. The van der Waals surface area contributed by atoms with E-state index in [1.165, 1.54) is 12.1 Å². The highest BCUT2D eigenvalue weighted by Gasteiger charge is 2.23. The number of nitrogens with zero attached hydrogens (tertiary/aromatic N) is 1. The van der Waals surface area contributed by atoms with Crippen LogP contribution in [0.2, 0.25) is 5.02 Å². The summed E-state index contributed by atoms with van der Waals surface area (Å²) in [4.78, 5) is 20.7. The Balaban J connectivity index is 3.53. The van der Waals surface area contributed by atoms with Crippen molar-refractivity contribution < 1.29 is 9.72 Å². The first-order valence-corrected chi connectivity index (χ1v) is 4.06. The second-order valence-electron chi connectivity index (χ2n) is 2.71. The zero-order valence-corrected chi connectivity index (χ0v) is 8.04. The molecule has 1 rings (SSSR count). The molecule has 1 amide bonds. The number of halogens is 1. The topological polar surface area (TPSA) is 86.2 Å². The first-order valence-electron chi connectivity index (χ1n) is 3.68. The van der Waals surface area contributed by atoms with Gasteiger partial charge >= 0.3 is 5.69 Å². The highest BCUT2D eigenvalue weighted by atomic mass is 35.5. The summed E-state index contributed by atoms with van der Waals surface area (Å²) in [5.41, 5.74) is 4.89. The van der Waals surface area contributed by atoms with Gasteiger partial charge in [-0.05, 0) is 18.6 Å². The molecule has 0 radical (unpaired) electrons. The molecule has 0 aliphatic rings. The number of nitrogens with two attached hydrogens (primary N) is 1. The fraction of sp³-hybridized carbons (Fsp3) is 0.125. The van der Waals surface area contributed by atoms with E-state index >= 15 is 0 Å². The minimum absolute atomic E-state index is 0.0497. The number of amides is 1. The largest absolute Gasteiger partial charge is 0.365 e. The number of primary amides is 1. The highest BCUT2D eigenvalue weighted by molar-refractivity contribution is 6.34. The molecule has 0 atom stereocenters. The molecule has 14 heavy (non-hydrogen) atoms. The predicted molar refractivity (Wildman–Crippen MR) is 51.4 cm³/mol. The van der Waals surface area contributed by atoms with E-state index in [2.05, 4.69) is 0 Å². The lowest BCUT2D eigenvalue weighted by Crippen LogP contribution is -2.13. The maximum absolute atomic E-state index is 10.8. The van der Waals surface area contributed by atoms with Crippen molar-refractivity contribution in [3.05, 3.63) is 38.4 Å². The van der Waals surface area contributed by atoms with Crippen LogP contribution in [0.25, 0.3) is 0 Å². The van der Waals surface area contributed by atoms with E-state index in [-0.39, 0.29) is 10.6 Å². The van der Waals surface area contributed by atoms with Gasteiger partial charge in [-0.1, -0.05) is 17.7 Å². The lowest BCUT2D eigenvalue weighted by Gasteiger charge is -2.02. The first-order chi connectivity index (χ1) is 6.45. The van der Waals surface area contributed by atoms with E-state index in [0.717, 1.165) is 0 Å². The third-order valence-electron chi connectivity index (χ3n) is 1.76. The van der Waals surface area contributed by atoms with Gasteiger partial charge in [0.05, 0.1) is 4.92 Å². The molecule has 1 aromatic carbocycles. The fourth-order valence-electron chi connectivity index (χ4n) is 1.04. The summed E-state index contributed by atoms with van der Waals surface area (Å²) in [7, 11) is 0. The summed E-state index contributed by atoms with van der Waals surface area (Å²) in [6.45, 7) is 1.61. The van der Waals surface area contributed by atoms with Crippen LogP contribution in [0.5, 0.6) is 0 Å². The van der Waals surface area contributed by atoms with Gasteiger partial charge in [-0.15, -0.1) is 0 Å². The number of nitro benzene ring substituents is 1. The zero-order valence-electron chi connectivity index (χ0n) is 7.28. The van der Waals surface area contributed by atoms with Gasteiger partial charge in [0.25, 0.3) is 5.91 Å². The van der Waals surface area contributed by atoms with Crippen LogP contribution >= 0.6 is 11.6 Å². The lowest BCUT2D eigenvalue weighted by atomic mass is 10.1. The SMILES string of the molecule is Cc1ccc(C(N)=O)c([N+](=O)[O-])c1Cl. The van der Waals surface area contributed by atoms with Gasteiger partial charge in [0.1, 0.15) is 10.6 Å². The zero-order chi connectivity index (χ0) is 10.9. The Morgan fingerprint density at radius 1 is 1.57 bits per heavy atom. The first kappa shape index (κ1) is 10.5. The van der Waals surface area contributed by atoms with Gasteiger partial charge < -0.3 is 5.73 Å². The average molecular weight is 215 g/mol. The molecule has 1 aromatic rings. The number of benzene rings is 1. The summed E-state index contributed by atoms with van der Waals surface area (Å²) in [5, 5.41) is 10.6. The Morgan fingerprint density at radius 2 is 2.14 bits per heavy atom. The fourth-order valence-corrected chi connectivity index (χ4v) is 1.28. The molecular weight excluding hydrogens is 208 g/mol. The molecule has 0 heterocycles. The molecular formula is C8H7ClN2O3. The number of rotatable bonds is 2. The molecule has 0 unspecified atom stereocenters. The van der Waals surface area contributed by atoms with Crippen molar-refractivity contribution in [1.29, 1.82) is 0 Å². The van der Waals surface area contributed by atoms with Crippen LogP contribution in [0.15, 0.2) is 12.1 Å². The van der Waals surface area contributed by atoms with Gasteiger partial charge in [-0.3, -0.25) is 14.9 Å². The molecule has 0 aromatic heterocycles. The van der Waals surface area contributed by atoms with E-state index < -0.39 is 16.5 Å². The Morgan fingerprint density at radius 3 is 2.57 bits per heavy atom. The molecule has 2 N–H and O–H groups in total. The summed E-state index contributed by atoms with van der Waals surface area (Å²) in [6.07, 6.45) is 0. The number of carbonyl (C=O) groups is 1. The Hall–Kier alpha value is -1.62. The number of carbonyl (C=O) groups excluding carboxylic acids is 1. The highest BCUT2D eigenvalue weighted by Crippen LogP contribution is 2.30. The Labute approximate surface area is 84.6 Å². The van der Waals surface area contributed by atoms with E-state index in [4.69, 9.17) is 17.3 Å². The van der Waals surface area contributed by atoms with Crippen molar-refractivity contribution in [2.45, 2.75) is 6.92 Å². The standard InChI is InChI=1S/C8H7ClN2O3/c1-4-2-3-5(8(10)12)7(6(4)9)11(13)14/h2-3H,1H3,(H2,10,12). The van der Waals surface area contributed by atoms with Crippen LogP contribution < -0.4 is 5.73 Å². The third-order valence-corrected chi connectivity index (χ3v) is 2.23. The van der Waals surface area contributed by atoms with Crippen molar-refractivity contribution in [2.24, 2.45) is 5.73 Å². The van der Waals surface area contributed by atoms with Gasteiger partial charge in [0.2, 0.25) is 0 Å². The van der Waals surface area contributed by atoms with Crippen LogP contribution in [-0.2, 0) is 0 Å². The van der Waals surface area contributed by atoms with Crippen LogP contribution in [0.1, 0.15) is 15.9 Å². The minimum Gasteiger partial charge on any atom is -0.365 e. The van der Waals surface area contributed by atoms with E-state index in [1.807, 2.05) is 0 Å². The molecule has 0 aliphatic carbocycles. The Bertz CT molecular complexity index is 417. The molecule has 6 heteroatoms. The molecule has 0 spiro atoms. The quantitative estimate of drug-likeness (QED) is 0.600. The summed E-state index contributed by atoms with van der Waals surface area (Å²) in [6, 6.07) is 2.80. The smallest absolute Gasteiger partial charge is 0.300 e. The summed E-state index contributed by atoms with van der Waals surface area (Å²) < 4.78 is 0. The monoisotopic (exact) mass is 214 g/mol. The predicted octanol–water partition coefficient (Wildman–Crippen LogP) is 1.66. The maximum atomic E-state index is 10.8. The van der Waals surface area contributed by atoms with E-state index in [1.54, 1.807) is 6.92 Å². The van der Waals surface area contributed by atoms with Crippen molar-refractivity contribution in [3.63, 3.8) is 0 Å². The van der Waals surface area contributed by atoms with Gasteiger partial charge in [-0.25, -0.2) is 0 Å². The van der Waals surface area contributed by atoms with Gasteiger partial charge in [0.15, 0.2) is 0 Å². The summed E-state index contributed by atoms with van der Waals surface area (Å²) >= 11 is 5.69. The van der Waals surface area contributed by atoms with Crippen molar-refractivity contribution in [1.82, 2.24) is 0 Å². The maximum Gasteiger partial charge on any atom is 0.300 e. The van der Waals surface area contributed by atoms with Gasteiger partial charge in [-0.2, -0.15) is 0 Å². The lowest BCUT2D eigenvalue weighted by molar-refractivity contribution is -0.385. The van der Waals surface area contributed by atoms with Gasteiger partial charge in [0, 0.05) is 0 Å². The van der Waals surface area contributed by atoms with Crippen molar-refractivity contribution in [3.8, 4) is 0 Å². The minimum atomic E-state index is -0.862. The normalized spacial score (nSPS) is 9.86. The van der Waals surface area contributed by atoms with Crippen LogP contribution in [0.4, 0.5) is 5.69 Å². The number of aryl methyl sites for hydroxylation is 1. The molecule has 5 nitrogen and oxygen atoms in total. The molecule has 0 bridgehead atoms. The third kappa shape index (κ3) is 1.67. The van der Waals surface area contributed by atoms with Crippen LogP contribution in [0.3, 0.4) is 0 Å².